The number of amides is 1. The lowest BCUT2D eigenvalue weighted by atomic mass is 10.0. The van der Waals surface area contributed by atoms with Gasteiger partial charge in [0.05, 0.1) is 0 Å². The molecule has 1 N–H and O–H groups in total. The first-order valence-corrected chi connectivity index (χ1v) is 8.63. The summed E-state index contributed by atoms with van der Waals surface area (Å²) in [6.45, 7) is 2.24. The number of alkyl halides is 3. The van der Waals surface area contributed by atoms with E-state index in [-0.39, 0.29) is 24.4 Å². The van der Waals surface area contributed by atoms with Crippen molar-refractivity contribution in [3.8, 4) is 0 Å². The van der Waals surface area contributed by atoms with Crippen molar-refractivity contribution in [2.45, 2.75) is 64.1 Å². The van der Waals surface area contributed by atoms with Crippen LogP contribution in [0.5, 0.6) is 0 Å². The van der Waals surface area contributed by atoms with Crippen molar-refractivity contribution in [1.82, 2.24) is 10.4 Å². The van der Waals surface area contributed by atoms with Gasteiger partial charge in [-0.25, -0.2) is 5.01 Å². The van der Waals surface area contributed by atoms with Gasteiger partial charge in [-0.1, -0.05) is 56.9 Å². The minimum atomic E-state index is -4.43. The Labute approximate surface area is 141 Å². The van der Waals surface area contributed by atoms with E-state index < -0.39 is 12.2 Å². The molecule has 0 aromatic heterocycles. The number of hydrogen-bond donors (Lipinski definition) is 1. The Morgan fingerprint density at radius 3 is 2.33 bits per heavy atom. The lowest BCUT2D eigenvalue weighted by Crippen LogP contribution is -2.43. The van der Waals surface area contributed by atoms with Crippen molar-refractivity contribution in [3.05, 3.63) is 35.4 Å². The van der Waals surface area contributed by atoms with E-state index in [1.807, 2.05) is 0 Å². The third kappa shape index (κ3) is 5.23. The average molecular weight is 342 g/mol. The highest BCUT2D eigenvalue weighted by Crippen LogP contribution is 2.37. The maximum Gasteiger partial charge on any atom is 0.409 e. The Morgan fingerprint density at radius 1 is 1.12 bits per heavy atom. The molecule has 1 atom stereocenters. The van der Waals surface area contributed by atoms with Crippen molar-refractivity contribution in [3.63, 3.8) is 0 Å². The molecule has 1 saturated heterocycles. The number of benzene rings is 1. The van der Waals surface area contributed by atoms with E-state index in [0.717, 1.165) is 29.8 Å². The number of rotatable bonds is 8. The average Bonchev–Trinajstić information content (AvgIpc) is 2.93. The van der Waals surface area contributed by atoms with E-state index in [2.05, 4.69) is 12.3 Å². The van der Waals surface area contributed by atoms with E-state index in [9.17, 15) is 18.0 Å². The molecule has 0 spiro atoms. The minimum Gasteiger partial charge on any atom is -0.288 e. The maximum absolute atomic E-state index is 13.4. The van der Waals surface area contributed by atoms with Crippen LogP contribution >= 0.6 is 0 Å². The Balaban J connectivity index is 1.99. The van der Waals surface area contributed by atoms with Gasteiger partial charge in [0.2, 0.25) is 5.91 Å². The molecule has 1 aromatic carbocycles. The molecule has 1 aromatic rings. The summed E-state index contributed by atoms with van der Waals surface area (Å²) in [6, 6.07) is 4.81. The first kappa shape index (κ1) is 18.8. The van der Waals surface area contributed by atoms with Crippen molar-refractivity contribution in [2.75, 3.05) is 6.54 Å². The molecule has 1 heterocycles. The molecular weight excluding hydrogens is 317 g/mol. The fourth-order valence-corrected chi connectivity index (χ4v) is 3.03. The fourth-order valence-electron chi connectivity index (χ4n) is 3.03. The number of unbranched alkanes of at least 4 members (excludes halogenated alkanes) is 4. The molecular formula is C18H25F3N2O. The number of halogens is 3. The van der Waals surface area contributed by atoms with Crippen LogP contribution in [0.3, 0.4) is 0 Å². The van der Waals surface area contributed by atoms with Gasteiger partial charge >= 0.3 is 6.18 Å². The van der Waals surface area contributed by atoms with E-state index in [0.29, 0.717) is 0 Å². The third-order valence-electron chi connectivity index (χ3n) is 4.33. The van der Waals surface area contributed by atoms with Gasteiger partial charge in [-0.05, 0) is 24.0 Å². The number of hydrogen-bond acceptors (Lipinski definition) is 2. The topological polar surface area (TPSA) is 32.3 Å². The molecule has 1 aliphatic rings. The molecule has 1 unspecified atom stereocenters. The zero-order valence-corrected chi connectivity index (χ0v) is 14.0. The summed E-state index contributed by atoms with van der Waals surface area (Å²) < 4.78 is 40.2. The van der Waals surface area contributed by atoms with Crippen LogP contribution in [0, 0.1) is 0 Å². The highest BCUT2D eigenvalue weighted by atomic mass is 19.4. The minimum absolute atomic E-state index is 0.0716. The van der Waals surface area contributed by atoms with Crippen molar-refractivity contribution in [2.24, 2.45) is 0 Å². The number of hydrazine groups is 1. The standard InChI is InChI=1S/C18H25F3N2O/c1-2-3-4-5-6-7-14-8-10-15(11-9-14)17(18(19,20)21)23-13-12-16(24)22-23/h8-11,17H,2-7,12-13H2,1H3,(H,22,24). The van der Waals surface area contributed by atoms with Crippen molar-refractivity contribution >= 4 is 5.91 Å². The van der Waals surface area contributed by atoms with Crippen LogP contribution in [0.1, 0.15) is 62.6 Å². The molecule has 3 nitrogen and oxygen atoms in total. The normalized spacial score (nSPS) is 17.1. The van der Waals surface area contributed by atoms with Gasteiger partial charge in [0.15, 0.2) is 0 Å². The van der Waals surface area contributed by atoms with Gasteiger partial charge in [-0.3, -0.25) is 10.2 Å². The molecule has 1 fully saturated rings. The van der Waals surface area contributed by atoms with Gasteiger partial charge in [-0.2, -0.15) is 13.2 Å². The van der Waals surface area contributed by atoms with Crippen LogP contribution in [0.4, 0.5) is 13.2 Å². The molecule has 24 heavy (non-hydrogen) atoms. The predicted octanol–water partition coefficient (Wildman–Crippen LogP) is 4.54. The number of carbonyl (C=O) groups excluding carboxylic acids is 1. The highest BCUT2D eigenvalue weighted by molar-refractivity contribution is 5.77. The Morgan fingerprint density at radius 2 is 1.79 bits per heavy atom. The van der Waals surface area contributed by atoms with Gasteiger partial charge in [0.25, 0.3) is 0 Å². The monoisotopic (exact) mass is 342 g/mol. The van der Waals surface area contributed by atoms with E-state index in [1.165, 1.54) is 31.4 Å². The Kier molecular flexibility index (Phi) is 6.66. The first-order chi connectivity index (χ1) is 11.4. The summed E-state index contributed by atoms with van der Waals surface area (Å²) in [4.78, 5) is 11.2. The van der Waals surface area contributed by atoms with Gasteiger partial charge in [0.1, 0.15) is 6.04 Å². The van der Waals surface area contributed by atoms with Crippen LogP contribution in [0.2, 0.25) is 0 Å². The lowest BCUT2D eigenvalue weighted by Gasteiger charge is -2.29. The molecule has 0 radical (unpaired) electrons. The summed E-state index contributed by atoms with van der Waals surface area (Å²) in [7, 11) is 0. The number of nitrogens with one attached hydrogen (secondary N) is 1. The Hall–Kier alpha value is -1.56. The van der Waals surface area contributed by atoms with Crippen molar-refractivity contribution in [1.29, 1.82) is 0 Å². The number of aryl methyl sites for hydroxylation is 1. The largest absolute Gasteiger partial charge is 0.409 e. The molecule has 1 aliphatic heterocycles. The zero-order valence-electron chi connectivity index (χ0n) is 14.0. The van der Waals surface area contributed by atoms with E-state index in [4.69, 9.17) is 0 Å². The van der Waals surface area contributed by atoms with E-state index >= 15 is 0 Å². The van der Waals surface area contributed by atoms with E-state index in [1.54, 1.807) is 12.1 Å². The molecule has 134 valence electrons. The first-order valence-electron chi connectivity index (χ1n) is 8.63. The molecule has 1 amide bonds. The van der Waals surface area contributed by atoms with Gasteiger partial charge in [-0.15, -0.1) is 0 Å². The molecule has 2 rings (SSSR count). The molecule has 0 bridgehead atoms. The van der Waals surface area contributed by atoms with Gasteiger partial charge in [0, 0.05) is 13.0 Å². The quantitative estimate of drug-likeness (QED) is 0.704. The lowest BCUT2D eigenvalue weighted by molar-refractivity contribution is -0.191. The van der Waals surface area contributed by atoms with Crippen LogP contribution in [-0.2, 0) is 11.2 Å². The second kappa shape index (κ2) is 8.51. The number of nitrogens with zero attached hydrogens (tertiary/aromatic N) is 1. The Bertz CT molecular complexity index is 528. The van der Waals surface area contributed by atoms with Crippen LogP contribution < -0.4 is 5.43 Å². The van der Waals surface area contributed by atoms with Crippen molar-refractivity contribution < 1.29 is 18.0 Å². The second-order valence-electron chi connectivity index (χ2n) is 6.33. The molecule has 0 aliphatic carbocycles. The SMILES string of the molecule is CCCCCCCc1ccc(C(N2CCC(=O)N2)C(F)(F)F)cc1. The molecule has 0 saturated carbocycles. The van der Waals surface area contributed by atoms with Gasteiger partial charge < -0.3 is 0 Å². The summed E-state index contributed by atoms with van der Waals surface area (Å²) in [6.07, 6.45) is 2.40. The smallest absolute Gasteiger partial charge is 0.288 e. The number of carbonyl (C=O) groups is 1. The second-order valence-corrected chi connectivity index (χ2v) is 6.33. The fraction of sp³-hybridized carbons (Fsp3) is 0.611. The summed E-state index contributed by atoms with van der Waals surface area (Å²) >= 11 is 0. The summed E-state index contributed by atoms with van der Waals surface area (Å²) in [5, 5.41) is 0.988. The zero-order chi connectivity index (χ0) is 17.6. The predicted molar refractivity (Wildman–Crippen MR) is 87.2 cm³/mol. The van der Waals surface area contributed by atoms with Crippen LogP contribution in [0.25, 0.3) is 0 Å². The van der Waals surface area contributed by atoms with Crippen LogP contribution in [0.15, 0.2) is 24.3 Å². The highest BCUT2D eigenvalue weighted by Gasteiger charge is 2.46. The maximum atomic E-state index is 13.4. The van der Waals surface area contributed by atoms with Crippen LogP contribution in [-0.4, -0.2) is 23.6 Å². The molecule has 6 heteroatoms. The summed E-state index contributed by atoms with van der Waals surface area (Å²) in [5.74, 6) is -0.368. The summed E-state index contributed by atoms with van der Waals surface area (Å²) in [5.41, 5.74) is 3.53. The third-order valence-corrected chi connectivity index (χ3v) is 4.33.